The summed E-state index contributed by atoms with van der Waals surface area (Å²) < 4.78 is 33.9. The van der Waals surface area contributed by atoms with E-state index < -0.39 is 15.5 Å². The van der Waals surface area contributed by atoms with Gasteiger partial charge in [0.1, 0.15) is 11.3 Å². The van der Waals surface area contributed by atoms with E-state index in [1.807, 2.05) is 13.0 Å². The number of carbonyl (C=O) groups is 1. The minimum atomic E-state index is -3.06. The molecular weight excluding hydrogens is 370 g/mol. The van der Waals surface area contributed by atoms with E-state index in [1.165, 1.54) is 11.0 Å². The number of sulfone groups is 1. The fraction of sp³-hybridized carbons (Fsp3) is 0.474. The number of carbonyl (C=O) groups excluding carboxylic acids is 1. The third-order valence-electron chi connectivity index (χ3n) is 4.83. The second kappa shape index (κ2) is 7.72. The first kappa shape index (κ1) is 19.4. The van der Waals surface area contributed by atoms with Gasteiger partial charge in [0, 0.05) is 30.6 Å². The molecule has 1 amide bonds. The van der Waals surface area contributed by atoms with Gasteiger partial charge < -0.3 is 14.1 Å². The molecule has 146 valence electrons. The van der Waals surface area contributed by atoms with Gasteiger partial charge >= 0.3 is 5.63 Å². The Balaban J connectivity index is 1.70. The third kappa shape index (κ3) is 4.50. The summed E-state index contributed by atoms with van der Waals surface area (Å²) in [6.07, 6.45) is 2.14. The summed E-state index contributed by atoms with van der Waals surface area (Å²) >= 11 is 0. The van der Waals surface area contributed by atoms with Gasteiger partial charge in [0.2, 0.25) is 0 Å². The molecule has 1 aromatic heterocycles. The smallest absolute Gasteiger partial charge is 0.336 e. The first-order valence-corrected chi connectivity index (χ1v) is 10.8. The van der Waals surface area contributed by atoms with Gasteiger partial charge in [-0.3, -0.25) is 4.79 Å². The number of ether oxygens (including phenoxy) is 1. The highest BCUT2D eigenvalue weighted by atomic mass is 32.2. The number of fused-ring (bicyclic) bond motifs is 1. The zero-order valence-electron chi connectivity index (χ0n) is 15.4. The Kier molecular flexibility index (Phi) is 5.55. The van der Waals surface area contributed by atoms with Gasteiger partial charge in [-0.05, 0) is 30.5 Å². The molecule has 1 fully saturated rings. The predicted octanol–water partition coefficient (Wildman–Crippen LogP) is 1.77. The van der Waals surface area contributed by atoms with E-state index in [4.69, 9.17) is 9.15 Å². The monoisotopic (exact) mass is 393 g/mol. The number of amides is 1. The van der Waals surface area contributed by atoms with Gasteiger partial charge in [0.15, 0.2) is 16.4 Å². The number of aryl methyl sites for hydroxylation is 1. The Morgan fingerprint density at radius 1 is 1.33 bits per heavy atom. The van der Waals surface area contributed by atoms with E-state index in [2.05, 4.69) is 0 Å². The van der Waals surface area contributed by atoms with Crippen LogP contribution < -0.4 is 10.4 Å². The van der Waals surface area contributed by atoms with Crippen molar-refractivity contribution in [2.45, 2.75) is 32.2 Å². The maximum absolute atomic E-state index is 12.3. The quantitative estimate of drug-likeness (QED) is 0.695. The minimum Gasteiger partial charge on any atom is -0.484 e. The molecule has 0 radical (unpaired) electrons. The molecule has 27 heavy (non-hydrogen) atoms. The SMILES string of the molecule is CCCc1cc(=O)oc2cc(OCC(=O)N(C)[C@H]3CCS(=O)(=O)C3)ccc12. The van der Waals surface area contributed by atoms with Crippen LogP contribution in [-0.2, 0) is 21.1 Å². The maximum atomic E-state index is 12.3. The molecule has 0 unspecified atom stereocenters. The van der Waals surface area contributed by atoms with Gasteiger partial charge in [-0.15, -0.1) is 0 Å². The van der Waals surface area contributed by atoms with Crippen molar-refractivity contribution < 1.29 is 22.4 Å². The Morgan fingerprint density at radius 2 is 2.11 bits per heavy atom. The van der Waals surface area contributed by atoms with Crippen molar-refractivity contribution in [3.63, 3.8) is 0 Å². The van der Waals surface area contributed by atoms with Crippen LogP contribution in [0, 0.1) is 0 Å². The number of rotatable bonds is 6. The average Bonchev–Trinajstić information content (AvgIpc) is 2.98. The molecule has 0 spiro atoms. The second-order valence-electron chi connectivity index (χ2n) is 6.85. The Labute approximate surface area is 157 Å². The van der Waals surface area contributed by atoms with Gasteiger partial charge in [-0.25, -0.2) is 13.2 Å². The van der Waals surface area contributed by atoms with Crippen molar-refractivity contribution in [1.82, 2.24) is 4.90 Å². The molecule has 2 heterocycles. The largest absolute Gasteiger partial charge is 0.484 e. The number of hydrogen-bond acceptors (Lipinski definition) is 6. The zero-order chi connectivity index (χ0) is 19.6. The highest BCUT2D eigenvalue weighted by Gasteiger charge is 2.32. The second-order valence-corrected chi connectivity index (χ2v) is 9.08. The predicted molar refractivity (Wildman–Crippen MR) is 102 cm³/mol. The molecule has 8 heteroatoms. The Bertz CT molecular complexity index is 1010. The molecule has 1 aromatic carbocycles. The molecule has 7 nitrogen and oxygen atoms in total. The first-order chi connectivity index (χ1) is 12.8. The summed E-state index contributed by atoms with van der Waals surface area (Å²) in [4.78, 5) is 25.5. The van der Waals surface area contributed by atoms with Crippen molar-refractivity contribution in [2.75, 3.05) is 25.2 Å². The van der Waals surface area contributed by atoms with E-state index in [-0.39, 0.29) is 30.1 Å². The number of hydrogen-bond donors (Lipinski definition) is 0. The van der Waals surface area contributed by atoms with Gasteiger partial charge in [-0.2, -0.15) is 0 Å². The van der Waals surface area contributed by atoms with E-state index in [1.54, 1.807) is 19.2 Å². The molecule has 1 saturated heterocycles. The minimum absolute atomic E-state index is 0.00340. The summed E-state index contributed by atoms with van der Waals surface area (Å²) in [5, 5.41) is 0.850. The van der Waals surface area contributed by atoms with Crippen molar-refractivity contribution in [1.29, 1.82) is 0 Å². The fourth-order valence-electron chi connectivity index (χ4n) is 3.31. The van der Waals surface area contributed by atoms with Crippen LogP contribution in [0.3, 0.4) is 0 Å². The van der Waals surface area contributed by atoms with E-state index in [9.17, 15) is 18.0 Å². The lowest BCUT2D eigenvalue weighted by atomic mass is 10.1. The van der Waals surface area contributed by atoms with Crippen LogP contribution in [0.4, 0.5) is 0 Å². The Morgan fingerprint density at radius 3 is 2.78 bits per heavy atom. The molecule has 0 saturated carbocycles. The van der Waals surface area contributed by atoms with Crippen LogP contribution in [0.1, 0.15) is 25.3 Å². The van der Waals surface area contributed by atoms with Crippen LogP contribution in [-0.4, -0.2) is 50.4 Å². The van der Waals surface area contributed by atoms with E-state index in [0.29, 0.717) is 17.8 Å². The molecule has 0 aliphatic carbocycles. The van der Waals surface area contributed by atoms with Crippen LogP contribution in [0.5, 0.6) is 5.75 Å². The fourth-order valence-corrected chi connectivity index (χ4v) is 5.08. The first-order valence-electron chi connectivity index (χ1n) is 8.95. The van der Waals surface area contributed by atoms with E-state index in [0.717, 1.165) is 23.8 Å². The molecule has 1 atom stereocenters. The highest BCUT2D eigenvalue weighted by Crippen LogP contribution is 2.24. The van der Waals surface area contributed by atoms with Gasteiger partial charge in [-0.1, -0.05) is 13.3 Å². The van der Waals surface area contributed by atoms with Crippen LogP contribution in [0.2, 0.25) is 0 Å². The van der Waals surface area contributed by atoms with Crippen molar-refractivity contribution >= 4 is 26.7 Å². The topological polar surface area (TPSA) is 93.9 Å². The van der Waals surface area contributed by atoms with Crippen molar-refractivity contribution in [2.24, 2.45) is 0 Å². The standard InChI is InChI=1S/C19H23NO6S/c1-3-4-13-9-19(22)26-17-10-15(5-6-16(13)17)25-11-18(21)20(2)14-7-8-27(23,24)12-14/h5-6,9-10,14H,3-4,7-8,11-12H2,1-2H3/t14-/m0/s1. The lowest BCUT2D eigenvalue weighted by Crippen LogP contribution is -2.40. The summed E-state index contributed by atoms with van der Waals surface area (Å²) in [5.41, 5.74) is 0.932. The average molecular weight is 393 g/mol. The molecular formula is C19H23NO6S. The molecule has 3 rings (SSSR count). The van der Waals surface area contributed by atoms with Crippen molar-refractivity contribution in [3.05, 3.63) is 40.2 Å². The number of likely N-dealkylation sites (N-methyl/N-ethyl adjacent to an activating group) is 1. The van der Waals surface area contributed by atoms with Gasteiger partial charge in [0.05, 0.1) is 11.5 Å². The van der Waals surface area contributed by atoms with Crippen LogP contribution in [0.25, 0.3) is 11.0 Å². The highest BCUT2D eigenvalue weighted by molar-refractivity contribution is 7.91. The third-order valence-corrected chi connectivity index (χ3v) is 6.58. The number of nitrogens with zero attached hydrogens (tertiary/aromatic N) is 1. The van der Waals surface area contributed by atoms with Crippen LogP contribution >= 0.6 is 0 Å². The summed E-state index contributed by atoms with van der Waals surface area (Å²) in [5.74, 6) is 0.231. The molecule has 1 aliphatic heterocycles. The molecule has 0 bridgehead atoms. The molecule has 0 N–H and O–H groups in total. The summed E-state index contributed by atoms with van der Waals surface area (Å²) in [6.45, 7) is 1.83. The van der Waals surface area contributed by atoms with Gasteiger partial charge in [0.25, 0.3) is 5.91 Å². The van der Waals surface area contributed by atoms with E-state index >= 15 is 0 Å². The van der Waals surface area contributed by atoms with Crippen molar-refractivity contribution in [3.8, 4) is 5.75 Å². The lowest BCUT2D eigenvalue weighted by Gasteiger charge is -2.23. The Hall–Kier alpha value is -2.35. The molecule has 2 aromatic rings. The molecule has 1 aliphatic rings. The number of benzene rings is 1. The van der Waals surface area contributed by atoms with Crippen LogP contribution in [0.15, 0.2) is 33.5 Å². The lowest BCUT2D eigenvalue weighted by molar-refractivity contribution is -0.133. The zero-order valence-corrected chi connectivity index (χ0v) is 16.3. The normalized spacial score (nSPS) is 18.5. The summed E-state index contributed by atoms with van der Waals surface area (Å²) in [6, 6.07) is 6.34. The summed E-state index contributed by atoms with van der Waals surface area (Å²) in [7, 11) is -1.46. The maximum Gasteiger partial charge on any atom is 0.336 e.